The van der Waals surface area contributed by atoms with E-state index in [1.807, 2.05) is 37.5 Å². The number of amides is 1. The minimum Gasteiger partial charge on any atom is -0.310 e. The first-order valence-electron chi connectivity index (χ1n) is 9.15. The molecule has 7 heteroatoms. The lowest BCUT2D eigenvalue weighted by Gasteiger charge is -2.24. The van der Waals surface area contributed by atoms with E-state index >= 15 is 0 Å². The lowest BCUT2D eigenvalue weighted by atomic mass is 9.82. The number of hydrogen-bond donors (Lipinski definition) is 1. The zero-order valence-electron chi connectivity index (χ0n) is 15.1. The molecule has 0 bridgehead atoms. The molecule has 0 atom stereocenters. The van der Waals surface area contributed by atoms with E-state index in [1.165, 1.54) is 0 Å². The summed E-state index contributed by atoms with van der Waals surface area (Å²) in [4.78, 5) is 27.8. The van der Waals surface area contributed by atoms with Gasteiger partial charge in [0.2, 0.25) is 5.91 Å². The number of pyridine rings is 1. The Balaban J connectivity index is 1.52. The van der Waals surface area contributed by atoms with Gasteiger partial charge in [0.15, 0.2) is 0 Å². The highest BCUT2D eigenvalue weighted by atomic mass is 16.2. The summed E-state index contributed by atoms with van der Waals surface area (Å²) in [6, 6.07) is 7.87. The van der Waals surface area contributed by atoms with E-state index < -0.39 is 0 Å². The highest BCUT2D eigenvalue weighted by Gasteiger charge is 2.26. The first-order valence-corrected chi connectivity index (χ1v) is 9.15. The molecule has 0 spiro atoms. The molecular weight excluding hydrogens is 342 g/mol. The zero-order valence-corrected chi connectivity index (χ0v) is 15.1. The predicted molar refractivity (Wildman–Crippen MR) is 102 cm³/mol. The van der Waals surface area contributed by atoms with Crippen LogP contribution in [0.2, 0.25) is 0 Å². The molecule has 2 heterocycles. The number of nitrogens with one attached hydrogen (secondary N) is 1. The first kappa shape index (κ1) is 17.3. The molecule has 4 rings (SSSR count). The second-order valence-corrected chi connectivity index (χ2v) is 7.15. The molecule has 1 amide bonds. The summed E-state index contributed by atoms with van der Waals surface area (Å²) in [6.45, 7) is 0. The molecule has 27 heavy (non-hydrogen) atoms. The van der Waals surface area contributed by atoms with E-state index in [4.69, 9.17) is 0 Å². The van der Waals surface area contributed by atoms with E-state index in [9.17, 15) is 9.59 Å². The Morgan fingerprint density at radius 2 is 2.00 bits per heavy atom. The van der Waals surface area contributed by atoms with Gasteiger partial charge in [0, 0.05) is 36.0 Å². The van der Waals surface area contributed by atoms with E-state index in [0.29, 0.717) is 5.82 Å². The number of carbonyl (C=O) groups excluding carboxylic acids is 2. The number of hydrogen-bond acceptors (Lipinski definition) is 5. The Bertz CT molecular complexity index is 989. The van der Waals surface area contributed by atoms with Crippen molar-refractivity contribution >= 4 is 28.8 Å². The number of aryl methyl sites for hydroxylation is 1. The summed E-state index contributed by atoms with van der Waals surface area (Å²) in [6.07, 6.45) is 7.70. The number of aldehydes is 1. The normalized spacial score (nSPS) is 19.7. The molecule has 7 nitrogen and oxygen atoms in total. The lowest BCUT2D eigenvalue weighted by molar-refractivity contribution is -0.122. The van der Waals surface area contributed by atoms with Crippen molar-refractivity contribution in [3.05, 3.63) is 36.7 Å². The minimum atomic E-state index is -0.0513. The average Bonchev–Trinajstić information content (AvgIpc) is 3.14. The summed E-state index contributed by atoms with van der Waals surface area (Å²) in [5, 5.41) is 13.0. The standard InChI is InChI=1S/C20H21N5O2/c1-25-11-18(23-24-25)15-6-7-16-10-21-19(9-17(16)8-15)22-20(27)14-4-2-13(12-26)3-5-14/h6-14H,2-5H2,1H3,(H,21,22,27). The Morgan fingerprint density at radius 3 is 2.70 bits per heavy atom. The van der Waals surface area contributed by atoms with Crippen molar-refractivity contribution in [2.75, 3.05) is 5.32 Å². The third-order valence-corrected chi connectivity index (χ3v) is 5.21. The van der Waals surface area contributed by atoms with E-state index in [1.54, 1.807) is 10.9 Å². The summed E-state index contributed by atoms with van der Waals surface area (Å²) in [5.74, 6) is 0.578. The summed E-state index contributed by atoms with van der Waals surface area (Å²) in [7, 11) is 1.83. The Hall–Kier alpha value is -3.09. The maximum atomic E-state index is 12.5. The van der Waals surface area contributed by atoms with Crippen molar-refractivity contribution in [1.82, 2.24) is 20.0 Å². The predicted octanol–water partition coefficient (Wildman–Crippen LogP) is 2.97. The second-order valence-electron chi connectivity index (χ2n) is 7.15. The minimum absolute atomic E-state index is 0.0173. The van der Waals surface area contributed by atoms with Crippen LogP contribution in [0.15, 0.2) is 36.7 Å². The van der Waals surface area contributed by atoms with Gasteiger partial charge in [0.1, 0.15) is 17.8 Å². The van der Waals surface area contributed by atoms with Crippen molar-refractivity contribution in [3.8, 4) is 11.3 Å². The molecule has 0 unspecified atom stereocenters. The highest BCUT2D eigenvalue weighted by Crippen LogP contribution is 2.29. The Kier molecular flexibility index (Phi) is 4.66. The average molecular weight is 363 g/mol. The second kappa shape index (κ2) is 7.26. The number of rotatable bonds is 4. The summed E-state index contributed by atoms with van der Waals surface area (Å²) < 4.78 is 1.66. The van der Waals surface area contributed by atoms with Crippen molar-refractivity contribution in [1.29, 1.82) is 0 Å². The Morgan fingerprint density at radius 1 is 1.19 bits per heavy atom. The molecule has 3 aromatic rings. The van der Waals surface area contributed by atoms with Crippen LogP contribution in [0, 0.1) is 11.8 Å². The molecule has 138 valence electrons. The van der Waals surface area contributed by atoms with Gasteiger partial charge in [0.05, 0.1) is 6.20 Å². The van der Waals surface area contributed by atoms with Gasteiger partial charge in [-0.3, -0.25) is 9.48 Å². The molecular formula is C20H21N5O2. The highest BCUT2D eigenvalue weighted by molar-refractivity contribution is 5.95. The van der Waals surface area contributed by atoms with Crippen LogP contribution in [0.25, 0.3) is 22.0 Å². The first-order chi connectivity index (χ1) is 13.1. The van der Waals surface area contributed by atoms with Crippen molar-refractivity contribution in [2.45, 2.75) is 25.7 Å². The van der Waals surface area contributed by atoms with Crippen LogP contribution < -0.4 is 5.32 Å². The molecule has 1 saturated carbocycles. The molecule has 2 aromatic heterocycles. The third kappa shape index (κ3) is 3.72. The molecule has 1 aliphatic rings. The molecule has 1 fully saturated rings. The molecule has 0 aliphatic heterocycles. The molecule has 0 saturated heterocycles. The van der Waals surface area contributed by atoms with Gasteiger partial charge in [-0.05, 0) is 43.2 Å². The van der Waals surface area contributed by atoms with Crippen molar-refractivity contribution in [2.24, 2.45) is 18.9 Å². The van der Waals surface area contributed by atoms with Crippen LogP contribution in [-0.4, -0.2) is 32.2 Å². The van der Waals surface area contributed by atoms with Crippen LogP contribution in [-0.2, 0) is 16.6 Å². The van der Waals surface area contributed by atoms with Gasteiger partial charge in [-0.25, -0.2) is 4.98 Å². The van der Waals surface area contributed by atoms with Gasteiger partial charge in [-0.2, -0.15) is 0 Å². The van der Waals surface area contributed by atoms with Gasteiger partial charge >= 0.3 is 0 Å². The van der Waals surface area contributed by atoms with Gasteiger partial charge < -0.3 is 10.1 Å². The fourth-order valence-electron chi connectivity index (χ4n) is 3.59. The topological polar surface area (TPSA) is 89.8 Å². The van der Waals surface area contributed by atoms with Crippen molar-refractivity contribution < 1.29 is 9.59 Å². The lowest BCUT2D eigenvalue weighted by Crippen LogP contribution is -2.27. The maximum Gasteiger partial charge on any atom is 0.228 e. The monoisotopic (exact) mass is 363 g/mol. The molecule has 1 aliphatic carbocycles. The molecule has 1 N–H and O–H groups in total. The number of anilines is 1. The van der Waals surface area contributed by atoms with E-state index in [0.717, 1.165) is 54.0 Å². The smallest absolute Gasteiger partial charge is 0.228 e. The zero-order chi connectivity index (χ0) is 18.8. The molecule has 0 radical (unpaired) electrons. The van der Waals surface area contributed by atoms with Crippen LogP contribution in [0.5, 0.6) is 0 Å². The maximum absolute atomic E-state index is 12.5. The quantitative estimate of drug-likeness (QED) is 0.720. The van der Waals surface area contributed by atoms with Gasteiger partial charge in [0.25, 0.3) is 0 Å². The van der Waals surface area contributed by atoms with Gasteiger partial charge in [-0.1, -0.05) is 17.3 Å². The molecule has 1 aromatic carbocycles. The largest absolute Gasteiger partial charge is 0.310 e. The number of aromatic nitrogens is 4. The van der Waals surface area contributed by atoms with E-state index in [-0.39, 0.29) is 17.7 Å². The SMILES string of the molecule is Cn1cc(-c2ccc3cnc(NC(=O)C4CCC(C=O)CC4)cc3c2)nn1. The fraction of sp³-hybridized carbons (Fsp3) is 0.350. The summed E-state index contributed by atoms with van der Waals surface area (Å²) in [5.41, 5.74) is 1.76. The van der Waals surface area contributed by atoms with Gasteiger partial charge in [-0.15, -0.1) is 5.10 Å². The summed E-state index contributed by atoms with van der Waals surface area (Å²) >= 11 is 0. The van der Waals surface area contributed by atoms with Crippen LogP contribution in [0.3, 0.4) is 0 Å². The fourth-order valence-corrected chi connectivity index (χ4v) is 3.59. The number of benzene rings is 1. The third-order valence-electron chi connectivity index (χ3n) is 5.21. The number of nitrogens with zero attached hydrogens (tertiary/aromatic N) is 4. The number of fused-ring (bicyclic) bond motifs is 1. The number of carbonyl (C=O) groups is 2. The van der Waals surface area contributed by atoms with Crippen LogP contribution >= 0.6 is 0 Å². The van der Waals surface area contributed by atoms with E-state index in [2.05, 4.69) is 20.6 Å². The Labute approximate surface area is 156 Å². The van der Waals surface area contributed by atoms with Crippen LogP contribution in [0.4, 0.5) is 5.82 Å². The van der Waals surface area contributed by atoms with Crippen LogP contribution in [0.1, 0.15) is 25.7 Å². The van der Waals surface area contributed by atoms with Crippen molar-refractivity contribution in [3.63, 3.8) is 0 Å².